The van der Waals surface area contributed by atoms with Crippen LogP contribution >= 0.6 is 11.6 Å². The van der Waals surface area contributed by atoms with E-state index in [0.29, 0.717) is 41.2 Å². The zero-order chi connectivity index (χ0) is 47.0. The zero-order valence-corrected chi connectivity index (χ0v) is 38.0. The van der Waals surface area contributed by atoms with Crippen molar-refractivity contribution in [2.45, 2.75) is 130 Å². The Morgan fingerprint density at radius 2 is 1.48 bits per heavy atom. The second-order valence-corrected chi connectivity index (χ2v) is 16.7. The van der Waals surface area contributed by atoms with E-state index in [9.17, 15) is 38.7 Å². The van der Waals surface area contributed by atoms with Crippen molar-refractivity contribution in [3.8, 4) is 11.5 Å². The number of carbonyl (C=O) groups is 7. The fourth-order valence-corrected chi connectivity index (χ4v) is 6.49. The third kappa shape index (κ3) is 15.4. The number of cyclic esters (lactones) is 2. The molecule has 1 aliphatic heterocycles. The third-order valence-electron chi connectivity index (χ3n) is 9.66. The third-order valence-corrected chi connectivity index (χ3v) is 9.91. The van der Waals surface area contributed by atoms with E-state index >= 15 is 0 Å². The summed E-state index contributed by atoms with van der Waals surface area (Å²) in [4.78, 5) is 87.2. The Morgan fingerprint density at radius 3 is 2.05 bits per heavy atom. The molecular weight excluding hydrogens is 836 g/mol. The number of unbranched alkanes of at least 4 members (excludes halogenated alkanes) is 2. The molecule has 3 N–H and O–H groups in total. The normalized spacial score (nSPS) is 18.8. The highest BCUT2D eigenvalue weighted by molar-refractivity contribution is 6.30. The number of esters is 4. The largest absolute Gasteiger partial charge is 0.505 e. The molecule has 0 radical (unpaired) electrons. The maximum Gasteiger partial charge on any atom is 0.350 e. The molecule has 1 saturated heterocycles. The van der Waals surface area contributed by atoms with Crippen LogP contribution in [0.3, 0.4) is 0 Å². The number of halogens is 1. The van der Waals surface area contributed by atoms with E-state index in [2.05, 4.69) is 10.6 Å². The number of nitrogens with one attached hydrogen (secondary N) is 2. The minimum absolute atomic E-state index is 0.00114. The number of carbonyl (C=O) groups excluding carboxylic acids is 7. The Labute approximate surface area is 373 Å². The van der Waals surface area contributed by atoms with Crippen LogP contribution in [0.5, 0.6) is 11.5 Å². The molecule has 5 unspecified atom stereocenters. The van der Waals surface area contributed by atoms with Crippen molar-refractivity contribution in [1.29, 1.82) is 0 Å². The Kier molecular flexibility index (Phi) is 19.6. The SMILES string of the molecule is CC(C)OC(=O)C(C)(C)Oc1ccc(C(=O)c2ccc(Cl)cc2)cc1.CCCCCC1C(=O)OC(C)C(NC(=O)c2cccc(NC=O)c2O)C(=O)OC(C)C1OC(=O)CC(C)C. The van der Waals surface area contributed by atoms with Gasteiger partial charge in [-0.2, -0.15) is 0 Å². The van der Waals surface area contributed by atoms with Crippen LogP contribution in [-0.4, -0.2) is 83.1 Å². The van der Waals surface area contributed by atoms with Gasteiger partial charge in [-0.1, -0.05) is 57.7 Å². The van der Waals surface area contributed by atoms with Crippen molar-refractivity contribution in [2.24, 2.45) is 11.8 Å². The predicted octanol–water partition coefficient (Wildman–Crippen LogP) is 7.77. The molecule has 0 bridgehead atoms. The van der Waals surface area contributed by atoms with E-state index in [-0.39, 0.29) is 35.5 Å². The van der Waals surface area contributed by atoms with E-state index < -0.39 is 71.4 Å². The molecule has 0 aromatic heterocycles. The van der Waals surface area contributed by atoms with E-state index in [1.54, 1.807) is 76.2 Å². The number of hydrogen-bond donors (Lipinski definition) is 3. The average Bonchev–Trinajstić information content (AvgIpc) is 3.23. The van der Waals surface area contributed by atoms with Crippen LogP contribution in [0, 0.1) is 11.8 Å². The molecule has 16 heteroatoms. The predicted molar refractivity (Wildman–Crippen MR) is 234 cm³/mol. The van der Waals surface area contributed by atoms with Gasteiger partial charge in [0.1, 0.15) is 18.0 Å². The van der Waals surface area contributed by atoms with Crippen molar-refractivity contribution in [2.75, 3.05) is 5.32 Å². The first-order valence-corrected chi connectivity index (χ1v) is 21.3. The highest BCUT2D eigenvalue weighted by atomic mass is 35.5. The van der Waals surface area contributed by atoms with Crippen molar-refractivity contribution < 1.29 is 62.4 Å². The summed E-state index contributed by atoms with van der Waals surface area (Å²) in [5.74, 6) is -4.34. The molecule has 0 spiro atoms. The average molecular weight is 895 g/mol. The van der Waals surface area contributed by atoms with Crippen molar-refractivity contribution in [3.05, 3.63) is 88.4 Å². The summed E-state index contributed by atoms with van der Waals surface area (Å²) in [6.45, 7) is 15.6. The van der Waals surface area contributed by atoms with Gasteiger partial charge >= 0.3 is 23.9 Å². The van der Waals surface area contributed by atoms with Crippen LogP contribution in [0.2, 0.25) is 5.02 Å². The van der Waals surface area contributed by atoms with Gasteiger partial charge in [-0.05, 0) is 115 Å². The van der Waals surface area contributed by atoms with Gasteiger partial charge in [0, 0.05) is 22.6 Å². The lowest BCUT2D eigenvalue weighted by molar-refractivity contribution is -0.175. The highest BCUT2D eigenvalue weighted by Crippen LogP contribution is 2.29. The van der Waals surface area contributed by atoms with Crippen molar-refractivity contribution >= 4 is 59.3 Å². The number of aromatic hydroxyl groups is 1. The van der Waals surface area contributed by atoms with Crippen molar-refractivity contribution in [1.82, 2.24) is 5.32 Å². The fourth-order valence-electron chi connectivity index (χ4n) is 6.36. The second kappa shape index (κ2) is 24.0. The smallest absolute Gasteiger partial charge is 0.350 e. The molecule has 15 nitrogen and oxygen atoms in total. The number of amides is 2. The molecule has 4 rings (SSSR count). The number of rotatable bonds is 17. The summed E-state index contributed by atoms with van der Waals surface area (Å²) < 4.78 is 27.8. The van der Waals surface area contributed by atoms with Gasteiger partial charge < -0.3 is 39.4 Å². The minimum Gasteiger partial charge on any atom is -0.505 e. The van der Waals surface area contributed by atoms with Crippen LogP contribution < -0.4 is 15.4 Å². The van der Waals surface area contributed by atoms with Crippen LogP contribution in [0.15, 0.2) is 66.7 Å². The lowest BCUT2D eigenvalue weighted by Gasteiger charge is -2.29. The molecule has 3 aromatic rings. The second-order valence-electron chi connectivity index (χ2n) is 16.3. The first kappa shape index (κ1) is 51.4. The quantitative estimate of drug-likeness (QED) is 0.0296. The highest BCUT2D eigenvalue weighted by Gasteiger charge is 2.44. The summed E-state index contributed by atoms with van der Waals surface area (Å²) in [6, 6.07) is 16.1. The van der Waals surface area contributed by atoms with Gasteiger partial charge in [-0.3, -0.25) is 24.0 Å². The fraction of sp³-hybridized carbons (Fsp3) is 0.468. The molecule has 1 fully saturated rings. The van der Waals surface area contributed by atoms with Gasteiger partial charge in [-0.15, -0.1) is 0 Å². The monoisotopic (exact) mass is 894 g/mol. The van der Waals surface area contributed by atoms with Crippen LogP contribution in [-0.2, 0) is 42.9 Å². The summed E-state index contributed by atoms with van der Waals surface area (Å²) in [5, 5.41) is 15.7. The van der Waals surface area contributed by atoms with Gasteiger partial charge in [0.25, 0.3) is 5.91 Å². The van der Waals surface area contributed by atoms with E-state index in [4.69, 9.17) is 35.3 Å². The number of ether oxygens (including phenoxy) is 5. The Bertz CT molecular complexity index is 2050. The summed E-state index contributed by atoms with van der Waals surface area (Å²) in [7, 11) is 0. The van der Waals surface area contributed by atoms with Gasteiger partial charge in [-0.25, -0.2) is 9.59 Å². The van der Waals surface area contributed by atoms with Crippen LogP contribution in [0.1, 0.15) is 121 Å². The van der Waals surface area contributed by atoms with Crippen LogP contribution in [0.25, 0.3) is 0 Å². The standard InChI is InChI=1S/C27H38N2O9.C20H21ClO4/c1-6-7-8-10-19-24(38-21(31)13-15(2)3)17(5)37-27(35)22(16(4)36-26(19)34)29-25(33)18-11-9-12-20(23(18)32)28-14-30;1-13(2)24-19(23)20(3,4)25-17-11-7-15(8-12-17)18(22)14-5-9-16(21)10-6-14/h9,11-12,14-17,19,22,24,32H,6-8,10,13H2,1-5H3,(H,28,30)(H,29,33);5-13H,1-4H3. The molecule has 0 saturated carbocycles. The lowest BCUT2D eigenvalue weighted by atomic mass is 9.92. The maximum absolute atomic E-state index is 13.3. The summed E-state index contributed by atoms with van der Waals surface area (Å²) >= 11 is 5.84. The van der Waals surface area contributed by atoms with Crippen LogP contribution in [0.4, 0.5) is 5.69 Å². The Morgan fingerprint density at radius 1 is 0.873 bits per heavy atom. The molecule has 1 aliphatic rings. The molecule has 1 heterocycles. The molecule has 342 valence electrons. The maximum atomic E-state index is 13.3. The summed E-state index contributed by atoms with van der Waals surface area (Å²) in [5.41, 5.74) is -0.254. The summed E-state index contributed by atoms with van der Waals surface area (Å²) in [6.07, 6.45) is -0.149. The zero-order valence-electron chi connectivity index (χ0n) is 37.2. The molecule has 0 aliphatic carbocycles. The number of benzene rings is 3. The minimum atomic E-state index is -1.42. The van der Waals surface area contributed by atoms with Gasteiger partial charge in [0.2, 0.25) is 6.41 Å². The topological polar surface area (TPSA) is 210 Å². The van der Waals surface area contributed by atoms with E-state index in [1.807, 2.05) is 20.8 Å². The molecular formula is C47H59ClN2O13. The van der Waals surface area contributed by atoms with E-state index in [1.165, 1.54) is 32.0 Å². The number of phenolic OH excluding ortho intramolecular Hbond substituents is 1. The number of ketones is 1. The first-order chi connectivity index (χ1) is 29.7. The van der Waals surface area contributed by atoms with Gasteiger partial charge in [0.15, 0.2) is 29.3 Å². The first-order valence-electron chi connectivity index (χ1n) is 20.9. The molecule has 2 amide bonds. The van der Waals surface area contributed by atoms with Gasteiger partial charge in [0.05, 0.1) is 23.3 Å². The van der Waals surface area contributed by atoms with Crippen molar-refractivity contribution in [3.63, 3.8) is 0 Å². The number of anilines is 1. The molecule has 5 atom stereocenters. The Balaban J connectivity index is 0.000000365. The van der Waals surface area contributed by atoms with E-state index in [0.717, 1.165) is 12.8 Å². The Hall–Kier alpha value is -5.96. The lowest BCUT2D eigenvalue weighted by Crippen LogP contribution is -2.50. The number of phenols is 1. The molecule has 63 heavy (non-hydrogen) atoms. The number of para-hydroxylation sites is 1. The number of hydrogen-bond acceptors (Lipinski definition) is 13. The molecule has 3 aromatic carbocycles.